The van der Waals surface area contributed by atoms with Crippen LogP contribution >= 0.6 is 0 Å². The first-order valence-corrected chi connectivity index (χ1v) is 7.41. The molecule has 0 aliphatic heterocycles. The molecule has 3 aromatic heterocycles. The molecule has 0 saturated heterocycles. The third kappa shape index (κ3) is 2.46. The highest BCUT2D eigenvalue weighted by Gasteiger charge is 2.18. The van der Waals surface area contributed by atoms with E-state index in [4.69, 9.17) is 4.42 Å². The number of pyridine rings is 1. The fourth-order valence-corrected chi connectivity index (χ4v) is 2.93. The quantitative estimate of drug-likeness (QED) is 0.620. The zero-order valence-corrected chi connectivity index (χ0v) is 12.8. The Kier molecular flexibility index (Phi) is 3.35. The number of carboxylic acids is 1. The van der Waals surface area contributed by atoms with Crippen molar-refractivity contribution in [1.29, 1.82) is 0 Å². The summed E-state index contributed by atoms with van der Waals surface area (Å²) in [5.41, 5.74) is 0.900. The van der Waals surface area contributed by atoms with Crippen LogP contribution in [0.2, 0.25) is 0 Å². The maximum absolute atomic E-state index is 13.1. The summed E-state index contributed by atoms with van der Waals surface area (Å²) in [6.45, 7) is 0.346. The highest BCUT2D eigenvalue weighted by atomic mass is 19.1. The molecule has 3 heterocycles. The predicted molar refractivity (Wildman–Crippen MR) is 88.2 cm³/mol. The molecule has 124 valence electrons. The van der Waals surface area contributed by atoms with E-state index >= 15 is 0 Å². The molecule has 7 heteroatoms. The van der Waals surface area contributed by atoms with E-state index in [0.717, 1.165) is 5.56 Å². The molecule has 0 atom stereocenters. The molecular formula is C18H11FN2O4. The molecule has 0 fully saturated rings. The van der Waals surface area contributed by atoms with Crippen molar-refractivity contribution in [2.24, 2.45) is 0 Å². The third-order valence-electron chi connectivity index (χ3n) is 4.06. The van der Waals surface area contributed by atoms with Crippen LogP contribution in [-0.2, 0) is 6.54 Å². The van der Waals surface area contributed by atoms with Crippen molar-refractivity contribution in [1.82, 2.24) is 9.55 Å². The number of rotatable bonds is 3. The lowest BCUT2D eigenvalue weighted by Crippen LogP contribution is -2.02. The summed E-state index contributed by atoms with van der Waals surface area (Å²) in [5, 5.41) is 10.4. The Balaban J connectivity index is 1.98. The average Bonchev–Trinajstić information content (AvgIpc) is 2.97. The van der Waals surface area contributed by atoms with Crippen molar-refractivity contribution in [3.8, 4) is 0 Å². The van der Waals surface area contributed by atoms with Gasteiger partial charge in [0.2, 0.25) is 0 Å². The summed E-state index contributed by atoms with van der Waals surface area (Å²) in [6, 6.07) is 7.48. The number of halogens is 1. The molecule has 25 heavy (non-hydrogen) atoms. The minimum Gasteiger partial charge on any atom is -0.478 e. The molecule has 0 bridgehead atoms. The van der Waals surface area contributed by atoms with Crippen molar-refractivity contribution in [2.45, 2.75) is 6.54 Å². The van der Waals surface area contributed by atoms with Gasteiger partial charge in [-0.25, -0.2) is 19.0 Å². The van der Waals surface area contributed by atoms with Gasteiger partial charge in [-0.3, -0.25) is 0 Å². The zero-order chi connectivity index (χ0) is 17.6. The number of hydrogen-bond donors (Lipinski definition) is 1. The molecular weight excluding hydrogens is 327 g/mol. The van der Waals surface area contributed by atoms with Gasteiger partial charge in [-0.2, -0.15) is 0 Å². The molecule has 0 spiro atoms. The summed E-state index contributed by atoms with van der Waals surface area (Å²) >= 11 is 0. The maximum atomic E-state index is 13.1. The second-order valence-corrected chi connectivity index (χ2v) is 5.59. The van der Waals surface area contributed by atoms with Crippen molar-refractivity contribution in [3.63, 3.8) is 0 Å². The molecule has 0 saturated carbocycles. The molecule has 0 aliphatic rings. The largest absolute Gasteiger partial charge is 0.478 e. The van der Waals surface area contributed by atoms with Gasteiger partial charge in [-0.05, 0) is 23.8 Å². The van der Waals surface area contributed by atoms with Crippen LogP contribution in [0.4, 0.5) is 4.39 Å². The smallest absolute Gasteiger partial charge is 0.362 e. The first kappa shape index (κ1) is 15.1. The first-order valence-electron chi connectivity index (χ1n) is 7.41. The summed E-state index contributed by atoms with van der Waals surface area (Å²) in [4.78, 5) is 27.6. The second-order valence-electron chi connectivity index (χ2n) is 5.59. The number of aromatic nitrogens is 2. The fraction of sp³-hybridized carbons (Fsp3) is 0.0556. The number of benzene rings is 1. The average molecular weight is 338 g/mol. The van der Waals surface area contributed by atoms with E-state index < -0.39 is 11.6 Å². The van der Waals surface area contributed by atoms with Gasteiger partial charge < -0.3 is 14.1 Å². The lowest BCUT2D eigenvalue weighted by molar-refractivity contribution is 0.0699. The monoisotopic (exact) mass is 338 g/mol. The molecule has 0 unspecified atom stereocenters. The van der Waals surface area contributed by atoms with Crippen LogP contribution in [0.5, 0.6) is 0 Å². The van der Waals surface area contributed by atoms with Crippen LogP contribution in [0.1, 0.15) is 15.9 Å². The highest BCUT2D eigenvalue weighted by Crippen LogP contribution is 2.28. The Morgan fingerprint density at radius 2 is 2.00 bits per heavy atom. The molecule has 1 aromatic carbocycles. The van der Waals surface area contributed by atoms with Gasteiger partial charge in [0.05, 0.1) is 23.5 Å². The van der Waals surface area contributed by atoms with Gasteiger partial charge in [-0.1, -0.05) is 12.1 Å². The van der Waals surface area contributed by atoms with E-state index in [9.17, 15) is 19.1 Å². The molecule has 6 nitrogen and oxygen atoms in total. The van der Waals surface area contributed by atoms with Gasteiger partial charge in [-0.15, -0.1) is 0 Å². The number of carboxylic acid groups (broad SMARTS) is 1. The van der Waals surface area contributed by atoms with Crippen LogP contribution in [-0.4, -0.2) is 20.6 Å². The summed E-state index contributed by atoms with van der Waals surface area (Å²) < 4.78 is 19.6. The Morgan fingerprint density at radius 1 is 1.24 bits per heavy atom. The molecule has 1 N–H and O–H groups in total. The van der Waals surface area contributed by atoms with Crippen LogP contribution < -0.4 is 5.63 Å². The Labute approximate surface area is 139 Å². The summed E-state index contributed by atoms with van der Waals surface area (Å²) in [5.74, 6) is -1.45. The van der Waals surface area contributed by atoms with E-state index in [2.05, 4.69) is 4.98 Å². The predicted octanol–water partition coefficient (Wildman–Crippen LogP) is 3.03. The highest BCUT2D eigenvalue weighted by molar-refractivity contribution is 6.14. The van der Waals surface area contributed by atoms with Crippen LogP contribution in [0.25, 0.3) is 21.8 Å². The van der Waals surface area contributed by atoms with Gasteiger partial charge >= 0.3 is 11.6 Å². The van der Waals surface area contributed by atoms with E-state index in [1.165, 1.54) is 36.9 Å². The first-order chi connectivity index (χ1) is 12.0. The number of hydrogen-bond acceptors (Lipinski definition) is 4. The van der Waals surface area contributed by atoms with Crippen LogP contribution in [0.3, 0.4) is 0 Å². The van der Waals surface area contributed by atoms with Gasteiger partial charge in [0, 0.05) is 23.5 Å². The van der Waals surface area contributed by atoms with E-state index in [1.807, 2.05) is 0 Å². The minimum atomic E-state index is -1.11. The lowest BCUT2D eigenvalue weighted by atomic mass is 10.1. The fourth-order valence-electron chi connectivity index (χ4n) is 2.93. The zero-order valence-electron chi connectivity index (χ0n) is 12.8. The van der Waals surface area contributed by atoms with Gasteiger partial charge in [0.15, 0.2) is 5.52 Å². The Hall–Kier alpha value is -3.48. The van der Waals surface area contributed by atoms with Crippen LogP contribution in [0, 0.1) is 5.82 Å². The normalized spacial score (nSPS) is 11.2. The minimum absolute atomic E-state index is 0.0649. The number of aromatic carboxylic acids is 1. The van der Waals surface area contributed by atoms with Crippen molar-refractivity contribution in [2.75, 3.05) is 0 Å². The summed E-state index contributed by atoms with van der Waals surface area (Å²) in [6.07, 6.45) is 4.16. The topological polar surface area (TPSA) is 85.3 Å². The molecule has 4 aromatic rings. The third-order valence-corrected chi connectivity index (χ3v) is 4.06. The molecule has 0 amide bonds. The summed E-state index contributed by atoms with van der Waals surface area (Å²) in [7, 11) is 0. The maximum Gasteiger partial charge on any atom is 0.362 e. The Morgan fingerprint density at radius 3 is 2.72 bits per heavy atom. The second kappa shape index (κ2) is 5.55. The lowest BCUT2D eigenvalue weighted by Gasteiger charge is -2.06. The van der Waals surface area contributed by atoms with Gasteiger partial charge in [0.1, 0.15) is 5.82 Å². The number of nitrogens with zero attached hydrogens (tertiary/aromatic N) is 2. The number of carbonyl (C=O) groups is 1. The van der Waals surface area contributed by atoms with Crippen molar-refractivity contribution < 1.29 is 18.7 Å². The van der Waals surface area contributed by atoms with Crippen molar-refractivity contribution >= 4 is 27.8 Å². The van der Waals surface area contributed by atoms with Crippen molar-refractivity contribution in [3.05, 3.63) is 76.4 Å². The number of fused-ring (bicyclic) bond motifs is 3. The van der Waals surface area contributed by atoms with E-state index in [1.54, 1.807) is 16.7 Å². The molecule has 0 radical (unpaired) electrons. The van der Waals surface area contributed by atoms with Crippen LogP contribution in [0.15, 0.2) is 58.2 Å². The van der Waals surface area contributed by atoms with E-state index in [-0.39, 0.29) is 16.9 Å². The van der Waals surface area contributed by atoms with Gasteiger partial charge in [0.25, 0.3) is 0 Å². The van der Waals surface area contributed by atoms with E-state index in [0.29, 0.717) is 22.8 Å². The molecule has 0 aliphatic carbocycles. The SMILES string of the molecule is O=C(O)c1cn(Cc2ccc(F)cc2)c2cnc3c(=O)occc3c12. The standard InChI is InChI=1S/C18H11FN2O4/c19-11-3-1-10(2-4-11)8-21-9-13(17(22)23)15-12-5-6-25-18(24)16(12)20-7-14(15)21/h1-7,9H,8H2,(H,22,23). The molecule has 4 rings (SSSR count). The Bertz CT molecular complexity index is 1180.